The summed E-state index contributed by atoms with van der Waals surface area (Å²) in [5.74, 6) is -0.477. The fourth-order valence-electron chi connectivity index (χ4n) is 2.93. The zero-order valence-corrected chi connectivity index (χ0v) is 13.1. The number of hydrogen-bond donors (Lipinski definition) is 1. The highest BCUT2D eigenvalue weighted by Crippen LogP contribution is 2.14. The van der Waals surface area contributed by atoms with Gasteiger partial charge in [-0.05, 0) is 48.7 Å². The van der Waals surface area contributed by atoms with Crippen LogP contribution >= 0.6 is 0 Å². The summed E-state index contributed by atoms with van der Waals surface area (Å²) in [5, 5.41) is 3.02. The van der Waals surface area contributed by atoms with Gasteiger partial charge < -0.3 is 5.32 Å². The van der Waals surface area contributed by atoms with E-state index in [1.54, 1.807) is 0 Å². The van der Waals surface area contributed by atoms with Gasteiger partial charge in [-0.2, -0.15) is 0 Å². The van der Waals surface area contributed by atoms with E-state index < -0.39 is 0 Å². The van der Waals surface area contributed by atoms with Crippen LogP contribution in [0.5, 0.6) is 0 Å². The van der Waals surface area contributed by atoms with Gasteiger partial charge in [-0.25, -0.2) is 4.39 Å². The largest absolute Gasteiger partial charge is 0.348 e. The zero-order valence-electron chi connectivity index (χ0n) is 13.1. The van der Waals surface area contributed by atoms with E-state index in [9.17, 15) is 9.18 Å². The molecule has 2 heterocycles. The van der Waals surface area contributed by atoms with E-state index in [-0.39, 0.29) is 17.8 Å². The standard InChI is InChI=1S/C18H20FN3O/c1-13-8-14(10-20-9-13)11-22-7-6-17(12-22)21-18(23)15-2-4-16(19)5-3-15/h2-5,8-10,17H,6-7,11-12H2,1H3,(H,21,23). The highest BCUT2D eigenvalue weighted by atomic mass is 19.1. The molecular formula is C18H20FN3O. The molecule has 0 saturated carbocycles. The van der Waals surface area contributed by atoms with Gasteiger partial charge in [0.05, 0.1) is 0 Å². The fourth-order valence-corrected chi connectivity index (χ4v) is 2.93. The van der Waals surface area contributed by atoms with Gasteiger partial charge in [-0.3, -0.25) is 14.7 Å². The summed E-state index contributed by atoms with van der Waals surface area (Å²) < 4.78 is 12.9. The molecule has 0 radical (unpaired) electrons. The van der Waals surface area contributed by atoms with E-state index in [0.717, 1.165) is 31.6 Å². The first-order chi connectivity index (χ1) is 11.1. The molecule has 1 saturated heterocycles. The number of rotatable bonds is 4. The number of carbonyl (C=O) groups is 1. The molecule has 1 unspecified atom stereocenters. The molecule has 1 atom stereocenters. The second-order valence-corrected chi connectivity index (χ2v) is 6.07. The van der Waals surface area contributed by atoms with Crippen molar-refractivity contribution in [2.75, 3.05) is 13.1 Å². The van der Waals surface area contributed by atoms with Crippen LogP contribution in [0.25, 0.3) is 0 Å². The van der Waals surface area contributed by atoms with E-state index in [1.807, 2.05) is 19.3 Å². The van der Waals surface area contributed by atoms with E-state index in [2.05, 4.69) is 21.3 Å². The SMILES string of the molecule is Cc1cncc(CN2CCC(NC(=O)c3ccc(F)cc3)C2)c1. The van der Waals surface area contributed by atoms with Crippen LogP contribution in [0.2, 0.25) is 0 Å². The summed E-state index contributed by atoms with van der Waals surface area (Å²) in [7, 11) is 0. The third-order valence-corrected chi connectivity index (χ3v) is 4.05. The Bertz CT molecular complexity index is 687. The summed E-state index contributed by atoms with van der Waals surface area (Å²) in [4.78, 5) is 18.7. The first kappa shape index (κ1) is 15.6. The lowest BCUT2D eigenvalue weighted by Gasteiger charge is -2.17. The maximum Gasteiger partial charge on any atom is 0.251 e. The van der Waals surface area contributed by atoms with Gasteiger partial charge in [0.1, 0.15) is 5.82 Å². The molecule has 1 aliphatic heterocycles. The predicted molar refractivity (Wildman–Crippen MR) is 86.5 cm³/mol. The Labute approximate surface area is 135 Å². The monoisotopic (exact) mass is 313 g/mol. The Morgan fingerprint density at radius 3 is 2.87 bits per heavy atom. The first-order valence-electron chi connectivity index (χ1n) is 7.79. The van der Waals surface area contributed by atoms with Gasteiger partial charge in [0.2, 0.25) is 0 Å². The molecule has 1 aliphatic rings. The minimum atomic E-state index is -0.333. The molecule has 0 aliphatic carbocycles. The molecule has 1 aromatic carbocycles. The van der Waals surface area contributed by atoms with Crippen LogP contribution in [0.3, 0.4) is 0 Å². The molecule has 0 spiro atoms. The second-order valence-electron chi connectivity index (χ2n) is 6.07. The number of aromatic nitrogens is 1. The maximum atomic E-state index is 12.9. The summed E-state index contributed by atoms with van der Waals surface area (Å²) in [6.07, 6.45) is 4.66. The molecule has 23 heavy (non-hydrogen) atoms. The molecule has 1 aromatic heterocycles. The van der Waals surface area contributed by atoms with Crippen molar-refractivity contribution in [1.82, 2.24) is 15.2 Å². The fraction of sp³-hybridized carbons (Fsp3) is 0.333. The molecule has 120 valence electrons. The van der Waals surface area contributed by atoms with Crippen molar-refractivity contribution in [2.24, 2.45) is 0 Å². The van der Waals surface area contributed by atoms with Crippen LogP contribution in [0, 0.1) is 12.7 Å². The lowest BCUT2D eigenvalue weighted by Crippen LogP contribution is -2.37. The predicted octanol–water partition coefficient (Wildman–Crippen LogP) is 2.53. The Kier molecular flexibility index (Phi) is 4.67. The second kappa shape index (κ2) is 6.87. The summed E-state index contributed by atoms with van der Waals surface area (Å²) in [6.45, 7) is 4.65. The van der Waals surface area contributed by atoms with Gasteiger partial charge in [-0.15, -0.1) is 0 Å². The molecule has 2 aromatic rings. The molecule has 1 amide bonds. The number of hydrogen-bond acceptors (Lipinski definition) is 3. The Morgan fingerprint density at radius 2 is 2.13 bits per heavy atom. The van der Waals surface area contributed by atoms with Crippen molar-refractivity contribution >= 4 is 5.91 Å². The quantitative estimate of drug-likeness (QED) is 0.943. The number of amides is 1. The van der Waals surface area contributed by atoms with Gasteiger partial charge in [0, 0.05) is 43.6 Å². The van der Waals surface area contributed by atoms with Gasteiger partial charge in [-0.1, -0.05) is 6.07 Å². The summed E-state index contributed by atoms with van der Waals surface area (Å²) in [6, 6.07) is 7.90. The Balaban J connectivity index is 1.53. The molecule has 0 bridgehead atoms. The minimum Gasteiger partial charge on any atom is -0.348 e. The zero-order chi connectivity index (χ0) is 16.2. The molecule has 1 N–H and O–H groups in total. The number of likely N-dealkylation sites (tertiary alicyclic amines) is 1. The normalized spacial score (nSPS) is 18.1. The number of nitrogens with one attached hydrogen (secondary N) is 1. The van der Waals surface area contributed by atoms with Crippen LogP contribution in [0.4, 0.5) is 4.39 Å². The molecule has 4 nitrogen and oxygen atoms in total. The van der Waals surface area contributed by atoms with Crippen molar-refractivity contribution in [2.45, 2.75) is 25.9 Å². The Hall–Kier alpha value is -2.27. The van der Waals surface area contributed by atoms with Crippen LogP contribution in [0.1, 0.15) is 27.9 Å². The maximum absolute atomic E-state index is 12.9. The van der Waals surface area contributed by atoms with Crippen molar-refractivity contribution in [3.63, 3.8) is 0 Å². The highest BCUT2D eigenvalue weighted by Gasteiger charge is 2.24. The van der Waals surface area contributed by atoms with E-state index in [0.29, 0.717) is 5.56 Å². The van der Waals surface area contributed by atoms with Gasteiger partial charge >= 0.3 is 0 Å². The topological polar surface area (TPSA) is 45.2 Å². The molecule has 3 rings (SSSR count). The van der Waals surface area contributed by atoms with Crippen molar-refractivity contribution in [3.05, 3.63) is 65.2 Å². The summed E-state index contributed by atoms with van der Waals surface area (Å²) >= 11 is 0. The minimum absolute atomic E-state index is 0.130. The molecule has 1 fully saturated rings. The van der Waals surface area contributed by atoms with Crippen LogP contribution in [0.15, 0.2) is 42.7 Å². The molecular weight excluding hydrogens is 293 g/mol. The number of carbonyl (C=O) groups excluding carboxylic acids is 1. The Morgan fingerprint density at radius 1 is 1.35 bits per heavy atom. The van der Waals surface area contributed by atoms with Gasteiger partial charge in [0.15, 0.2) is 0 Å². The van der Waals surface area contributed by atoms with E-state index in [4.69, 9.17) is 0 Å². The number of nitrogens with zero attached hydrogens (tertiary/aromatic N) is 2. The van der Waals surface area contributed by atoms with Crippen LogP contribution < -0.4 is 5.32 Å². The van der Waals surface area contributed by atoms with Crippen molar-refractivity contribution in [1.29, 1.82) is 0 Å². The molecule has 5 heteroatoms. The number of benzene rings is 1. The van der Waals surface area contributed by atoms with Crippen molar-refractivity contribution in [3.8, 4) is 0 Å². The van der Waals surface area contributed by atoms with Crippen LogP contribution in [-0.2, 0) is 6.54 Å². The highest BCUT2D eigenvalue weighted by molar-refractivity contribution is 5.94. The number of halogens is 1. The average Bonchev–Trinajstić information content (AvgIpc) is 2.95. The lowest BCUT2D eigenvalue weighted by atomic mass is 10.2. The van der Waals surface area contributed by atoms with E-state index in [1.165, 1.54) is 29.8 Å². The third kappa shape index (κ3) is 4.13. The van der Waals surface area contributed by atoms with Crippen molar-refractivity contribution < 1.29 is 9.18 Å². The first-order valence-corrected chi connectivity index (χ1v) is 7.79. The third-order valence-electron chi connectivity index (χ3n) is 4.05. The van der Waals surface area contributed by atoms with Crippen LogP contribution in [-0.4, -0.2) is 34.9 Å². The summed E-state index contributed by atoms with van der Waals surface area (Å²) in [5.41, 5.74) is 2.84. The number of pyridine rings is 1. The van der Waals surface area contributed by atoms with E-state index >= 15 is 0 Å². The number of aryl methyl sites for hydroxylation is 1. The van der Waals surface area contributed by atoms with Gasteiger partial charge in [0.25, 0.3) is 5.91 Å². The smallest absolute Gasteiger partial charge is 0.251 e. The average molecular weight is 313 g/mol. The lowest BCUT2D eigenvalue weighted by molar-refractivity contribution is 0.0937.